The van der Waals surface area contributed by atoms with Crippen molar-refractivity contribution in [3.63, 3.8) is 0 Å². The van der Waals surface area contributed by atoms with E-state index in [4.69, 9.17) is 5.73 Å². The van der Waals surface area contributed by atoms with Crippen LogP contribution in [0, 0.1) is 22.5 Å². The van der Waals surface area contributed by atoms with Gasteiger partial charge in [0.1, 0.15) is 5.69 Å². The lowest BCUT2D eigenvalue weighted by Crippen LogP contribution is -2.39. The minimum absolute atomic E-state index is 0.0758. The molecule has 0 fully saturated rings. The van der Waals surface area contributed by atoms with Crippen LogP contribution in [-0.4, -0.2) is 24.6 Å². The topological polar surface area (TPSA) is 72.4 Å². The minimum atomic E-state index is -0.327. The molecule has 5 nitrogen and oxygen atoms in total. The van der Waals surface area contributed by atoms with Gasteiger partial charge in [0.2, 0.25) is 0 Å². The normalized spacial score (nSPS) is 11.4. The lowest BCUT2D eigenvalue weighted by molar-refractivity contribution is -0.384. The van der Waals surface area contributed by atoms with Crippen molar-refractivity contribution in [2.24, 2.45) is 11.1 Å². The third-order valence-electron chi connectivity index (χ3n) is 3.22. The zero-order valence-corrected chi connectivity index (χ0v) is 12.1. The number of aryl methyl sites for hydroxylation is 1. The quantitative estimate of drug-likeness (QED) is 0.634. The first-order valence-corrected chi connectivity index (χ1v) is 6.51. The Labute approximate surface area is 114 Å². The van der Waals surface area contributed by atoms with Crippen molar-refractivity contribution < 1.29 is 4.92 Å². The highest BCUT2D eigenvalue weighted by atomic mass is 16.6. The molecule has 0 aliphatic carbocycles. The zero-order chi connectivity index (χ0) is 14.6. The van der Waals surface area contributed by atoms with E-state index in [1.807, 2.05) is 24.8 Å². The number of benzene rings is 1. The van der Waals surface area contributed by atoms with Gasteiger partial charge in [0.25, 0.3) is 5.69 Å². The summed E-state index contributed by atoms with van der Waals surface area (Å²) in [7, 11) is 0. The third kappa shape index (κ3) is 3.92. The molecule has 1 aromatic carbocycles. The van der Waals surface area contributed by atoms with Crippen molar-refractivity contribution in [2.45, 2.75) is 27.7 Å². The first kappa shape index (κ1) is 15.4. The van der Waals surface area contributed by atoms with E-state index in [9.17, 15) is 10.1 Å². The van der Waals surface area contributed by atoms with Crippen LogP contribution in [0.5, 0.6) is 0 Å². The fourth-order valence-electron chi connectivity index (χ4n) is 1.99. The van der Waals surface area contributed by atoms with E-state index < -0.39 is 0 Å². The van der Waals surface area contributed by atoms with Crippen LogP contribution in [0.2, 0.25) is 0 Å². The van der Waals surface area contributed by atoms with Crippen molar-refractivity contribution in [3.05, 3.63) is 33.9 Å². The van der Waals surface area contributed by atoms with Crippen molar-refractivity contribution >= 4 is 11.4 Å². The van der Waals surface area contributed by atoms with Crippen LogP contribution in [0.15, 0.2) is 18.2 Å². The molecule has 0 saturated heterocycles. The highest BCUT2D eigenvalue weighted by molar-refractivity contribution is 5.64. The van der Waals surface area contributed by atoms with Gasteiger partial charge in [0, 0.05) is 19.2 Å². The number of hydrogen-bond acceptors (Lipinski definition) is 4. The fourth-order valence-corrected chi connectivity index (χ4v) is 1.99. The maximum atomic E-state index is 11.1. The molecule has 1 rings (SSSR count). The van der Waals surface area contributed by atoms with Gasteiger partial charge in [-0.05, 0) is 37.4 Å². The van der Waals surface area contributed by atoms with Gasteiger partial charge in [-0.3, -0.25) is 10.1 Å². The molecule has 106 valence electrons. The van der Waals surface area contributed by atoms with Crippen LogP contribution in [0.1, 0.15) is 26.3 Å². The Bertz CT molecular complexity index is 458. The summed E-state index contributed by atoms with van der Waals surface area (Å²) in [5.41, 5.74) is 7.53. The molecule has 0 radical (unpaired) electrons. The molecular formula is C14H23N3O2. The summed E-state index contributed by atoms with van der Waals surface area (Å²) in [6, 6.07) is 5.21. The Morgan fingerprint density at radius 2 is 2.05 bits per heavy atom. The molecule has 0 bridgehead atoms. The second-order valence-corrected chi connectivity index (χ2v) is 5.63. The molecule has 0 spiro atoms. The second kappa shape index (κ2) is 6.02. The molecule has 0 heterocycles. The first-order chi connectivity index (χ1) is 8.80. The maximum Gasteiger partial charge on any atom is 0.292 e. The van der Waals surface area contributed by atoms with Crippen molar-refractivity contribution in [2.75, 3.05) is 24.5 Å². The molecule has 1 aromatic rings. The van der Waals surface area contributed by atoms with Gasteiger partial charge in [-0.2, -0.15) is 0 Å². The van der Waals surface area contributed by atoms with Gasteiger partial charge in [-0.15, -0.1) is 0 Å². The average Bonchev–Trinajstić information content (AvgIpc) is 2.35. The van der Waals surface area contributed by atoms with Crippen LogP contribution < -0.4 is 10.6 Å². The molecule has 19 heavy (non-hydrogen) atoms. The summed E-state index contributed by atoms with van der Waals surface area (Å²) < 4.78 is 0. The Morgan fingerprint density at radius 1 is 1.42 bits per heavy atom. The minimum Gasteiger partial charge on any atom is -0.366 e. The number of rotatable bonds is 6. The monoisotopic (exact) mass is 265 g/mol. The predicted octanol–water partition coefficient (Wildman–Crippen LogP) is 2.71. The fraction of sp³-hybridized carbons (Fsp3) is 0.571. The van der Waals surface area contributed by atoms with Crippen molar-refractivity contribution in [1.29, 1.82) is 0 Å². The molecular weight excluding hydrogens is 242 g/mol. The predicted molar refractivity (Wildman–Crippen MR) is 78.6 cm³/mol. The number of nitro groups is 1. The van der Waals surface area contributed by atoms with Gasteiger partial charge in [0.15, 0.2) is 0 Å². The number of nitrogens with two attached hydrogens (primary N) is 1. The lowest BCUT2D eigenvalue weighted by Gasteiger charge is -2.32. The zero-order valence-electron chi connectivity index (χ0n) is 12.1. The summed E-state index contributed by atoms with van der Waals surface area (Å²) in [6.45, 7) is 10.0. The molecule has 0 atom stereocenters. The van der Waals surface area contributed by atoms with Crippen LogP contribution in [0.4, 0.5) is 11.4 Å². The summed E-state index contributed by atoms with van der Waals surface area (Å²) in [5.74, 6) is 0. The van der Waals surface area contributed by atoms with Crippen molar-refractivity contribution in [3.8, 4) is 0 Å². The number of anilines is 1. The highest BCUT2D eigenvalue weighted by Crippen LogP contribution is 2.31. The molecule has 0 amide bonds. The highest BCUT2D eigenvalue weighted by Gasteiger charge is 2.24. The van der Waals surface area contributed by atoms with E-state index in [2.05, 4.69) is 13.8 Å². The lowest BCUT2D eigenvalue weighted by atomic mass is 9.92. The third-order valence-corrected chi connectivity index (χ3v) is 3.22. The largest absolute Gasteiger partial charge is 0.366 e. The van der Waals surface area contributed by atoms with Gasteiger partial charge < -0.3 is 10.6 Å². The standard InChI is InChI=1S/C14H23N3O2/c1-5-16(10-14(3,4)9-15)13-8-11(2)6-7-12(13)17(18)19/h6-8H,5,9-10,15H2,1-4H3. The molecule has 0 unspecified atom stereocenters. The Morgan fingerprint density at radius 3 is 2.53 bits per heavy atom. The number of nitrogens with zero attached hydrogens (tertiary/aromatic N) is 2. The second-order valence-electron chi connectivity index (χ2n) is 5.63. The van der Waals surface area contributed by atoms with Crippen LogP contribution in [0.25, 0.3) is 0 Å². The molecule has 0 aliphatic rings. The van der Waals surface area contributed by atoms with Gasteiger partial charge in [0.05, 0.1) is 4.92 Å². The van der Waals surface area contributed by atoms with Crippen LogP contribution in [0.3, 0.4) is 0 Å². The summed E-state index contributed by atoms with van der Waals surface area (Å²) in [6.07, 6.45) is 0. The first-order valence-electron chi connectivity index (χ1n) is 6.51. The molecule has 0 aromatic heterocycles. The number of nitro benzene ring substituents is 1. The Kier molecular flexibility index (Phi) is 4.89. The van der Waals surface area contributed by atoms with E-state index >= 15 is 0 Å². The van der Waals surface area contributed by atoms with E-state index in [0.29, 0.717) is 25.3 Å². The van der Waals surface area contributed by atoms with Gasteiger partial charge in [-0.1, -0.05) is 19.9 Å². The average molecular weight is 265 g/mol. The van der Waals surface area contributed by atoms with Gasteiger partial charge >= 0.3 is 0 Å². The van der Waals surface area contributed by atoms with E-state index in [1.165, 1.54) is 0 Å². The summed E-state index contributed by atoms with van der Waals surface area (Å²) >= 11 is 0. The van der Waals surface area contributed by atoms with Crippen LogP contribution >= 0.6 is 0 Å². The van der Waals surface area contributed by atoms with Gasteiger partial charge in [-0.25, -0.2) is 0 Å². The van der Waals surface area contributed by atoms with Crippen molar-refractivity contribution in [1.82, 2.24) is 0 Å². The number of hydrogen-bond donors (Lipinski definition) is 1. The maximum absolute atomic E-state index is 11.1. The smallest absolute Gasteiger partial charge is 0.292 e. The summed E-state index contributed by atoms with van der Waals surface area (Å²) in [5, 5.41) is 11.1. The summed E-state index contributed by atoms with van der Waals surface area (Å²) in [4.78, 5) is 12.8. The SMILES string of the molecule is CCN(CC(C)(C)CN)c1cc(C)ccc1[N+](=O)[O-]. The van der Waals surface area contributed by atoms with E-state index in [0.717, 1.165) is 5.56 Å². The molecule has 0 aliphatic heterocycles. The Balaban J connectivity index is 3.17. The van der Waals surface area contributed by atoms with E-state index in [-0.39, 0.29) is 16.0 Å². The Hall–Kier alpha value is -1.62. The van der Waals surface area contributed by atoms with E-state index in [1.54, 1.807) is 12.1 Å². The molecule has 5 heteroatoms. The van der Waals surface area contributed by atoms with Crippen LogP contribution in [-0.2, 0) is 0 Å². The molecule has 2 N–H and O–H groups in total. The molecule has 0 saturated carbocycles.